The van der Waals surface area contributed by atoms with E-state index in [4.69, 9.17) is 16.3 Å². The molecule has 0 saturated heterocycles. The van der Waals surface area contributed by atoms with Gasteiger partial charge in [0.1, 0.15) is 17.3 Å². The number of aromatic nitrogens is 1. The Morgan fingerprint density at radius 3 is 2.43 bits per heavy atom. The monoisotopic (exact) mass is 410 g/mol. The zero-order valence-corrected chi connectivity index (χ0v) is 17.1. The molecule has 0 radical (unpaired) electrons. The molecule has 0 amide bonds. The molecule has 0 saturated carbocycles. The zero-order valence-electron chi connectivity index (χ0n) is 16.4. The number of pyridine rings is 1. The first-order valence-electron chi connectivity index (χ1n) is 9.76. The molecule has 1 heterocycles. The summed E-state index contributed by atoms with van der Waals surface area (Å²) in [5.41, 5.74) is 2.73. The topological polar surface area (TPSA) is 34.2 Å². The average molecular weight is 411 g/mol. The average Bonchev–Trinajstić information content (AvgIpc) is 2.77. The molecule has 5 aromatic rings. The van der Waals surface area contributed by atoms with Gasteiger partial charge in [0.05, 0.1) is 10.5 Å². The van der Waals surface area contributed by atoms with Crippen molar-refractivity contribution < 1.29 is 4.74 Å². The molecular weight excluding hydrogens is 392 g/mol. The number of rotatable bonds is 4. The van der Waals surface area contributed by atoms with Crippen LogP contribution in [0.1, 0.15) is 5.56 Å². The van der Waals surface area contributed by atoms with Crippen molar-refractivity contribution in [2.75, 3.05) is 5.32 Å². The Balaban J connectivity index is 1.44. The predicted octanol–water partition coefficient (Wildman–Crippen LogP) is 7.89. The molecule has 30 heavy (non-hydrogen) atoms. The quantitative estimate of drug-likeness (QED) is 0.327. The van der Waals surface area contributed by atoms with E-state index in [1.54, 1.807) is 0 Å². The molecule has 4 heteroatoms. The van der Waals surface area contributed by atoms with Gasteiger partial charge in [0.25, 0.3) is 0 Å². The van der Waals surface area contributed by atoms with Gasteiger partial charge in [-0.15, -0.1) is 0 Å². The molecule has 0 spiro atoms. The Morgan fingerprint density at radius 1 is 0.767 bits per heavy atom. The molecule has 3 nitrogen and oxygen atoms in total. The van der Waals surface area contributed by atoms with Gasteiger partial charge in [0.2, 0.25) is 0 Å². The summed E-state index contributed by atoms with van der Waals surface area (Å²) in [7, 11) is 0. The Bertz CT molecular complexity index is 1380. The van der Waals surface area contributed by atoms with Crippen molar-refractivity contribution in [1.29, 1.82) is 0 Å². The third-order valence-corrected chi connectivity index (χ3v) is 5.47. The predicted molar refractivity (Wildman–Crippen MR) is 125 cm³/mol. The summed E-state index contributed by atoms with van der Waals surface area (Å²) in [5, 5.41) is 7.39. The lowest BCUT2D eigenvalue weighted by Crippen LogP contribution is -1.98. The summed E-state index contributed by atoms with van der Waals surface area (Å²) in [5.74, 6) is 2.35. The smallest absolute Gasteiger partial charge is 0.132 e. The number of hydrogen-bond donors (Lipinski definition) is 1. The van der Waals surface area contributed by atoms with E-state index < -0.39 is 0 Å². The van der Waals surface area contributed by atoms with Crippen LogP contribution in [0.15, 0.2) is 91.0 Å². The van der Waals surface area contributed by atoms with E-state index in [9.17, 15) is 0 Å². The fourth-order valence-corrected chi connectivity index (χ4v) is 3.76. The number of anilines is 2. The number of benzene rings is 4. The molecule has 1 N–H and O–H groups in total. The molecule has 0 aliphatic carbocycles. The fourth-order valence-electron chi connectivity index (χ4n) is 3.54. The molecule has 146 valence electrons. The highest BCUT2D eigenvalue weighted by Crippen LogP contribution is 2.33. The maximum absolute atomic E-state index is 6.31. The van der Waals surface area contributed by atoms with Gasteiger partial charge in [-0.25, -0.2) is 4.98 Å². The van der Waals surface area contributed by atoms with Gasteiger partial charge in [0, 0.05) is 16.6 Å². The third-order valence-electron chi connectivity index (χ3n) is 5.17. The van der Waals surface area contributed by atoms with Crippen molar-refractivity contribution in [1.82, 2.24) is 4.98 Å². The Hall–Kier alpha value is -3.56. The second kappa shape index (κ2) is 7.69. The third kappa shape index (κ3) is 3.56. The first kappa shape index (κ1) is 18.5. The van der Waals surface area contributed by atoms with Gasteiger partial charge in [-0.1, -0.05) is 60.1 Å². The summed E-state index contributed by atoms with van der Waals surface area (Å²) in [6.07, 6.45) is 0. The number of nitrogens with one attached hydrogen (secondary N) is 1. The number of para-hydroxylation sites is 1. The minimum absolute atomic E-state index is 0.640. The highest BCUT2D eigenvalue weighted by molar-refractivity contribution is 6.35. The van der Waals surface area contributed by atoms with Gasteiger partial charge in [-0.3, -0.25) is 0 Å². The van der Waals surface area contributed by atoms with E-state index in [1.165, 1.54) is 5.39 Å². The molecular formula is C26H19ClN2O. The molecule has 0 fully saturated rings. The van der Waals surface area contributed by atoms with Crippen LogP contribution in [0.5, 0.6) is 11.5 Å². The summed E-state index contributed by atoms with van der Waals surface area (Å²) >= 11 is 6.31. The lowest BCUT2D eigenvalue weighted by molar-refractivity contribution is 0.480. The molecule has 0 atom stereocenters. The minimum Gasteiger partial charge on any atom is -0.457 e. The Labute approximate surface area is 179 Å². The van der Waals surface area contributed by atoms with E-state index >= 15 is 0 Å². The van der Waals surface area contributed by atoms with Crippen molar-refractivity contribution in [3.05, 3.63) is 102 Å². The second-order valence-electron chi connectivity index (χ2n) is 7.17. The molecule has 0 aliphatic heterocycles. The normalized spacial score (nSPS) is 11.0. The number of hydrogen-bond acceptors (Lipinski definition) is 3. The van der Waals surface area contributed by atoms with Crippen molar-refractivity contribution in [3.63, 3.8) is 0 Å². The molecule has 0 unspecified atom stereocenters. The van der Waals surface area contributed by atoms with Gasteiger partial charge < -0.3 is 10.1 Å². The molecule has 1 aromatic heterocycles. The Kier molecular flexibility index (Phi) is 4.74. The van der Waals surface area contributed by atoms with Gasteiger partial charge in [-0.05, 0) is 60.2 Å². The van der Waals surface area contributed by atoms with E-state index in [2.05, 4.69) is 34.6 Å². The number of ether oxygens (including phenoxy) is 1. The van der Waals surface area contributed by atoms with Gasteiger partial charge in [-0.2, -0.15) is 0 Å². The van der Waals surface area contributed by atoms with Crippen LogP contribution < -0.4 is 10.1 Å². The van der Waals surface area contributed by atoms with E-state index in [0.717, 1.165) is 44.9 Å². The van der Waals surface area contributed by atoms with E-state index in [-0.39, 0.29) is 0 Å². The van der Waals surface area contributed by atoms with Gasteiger partial charge in [0.15, 0.2) is 0 Å². The molecule has 5 rings (SSSR count). The maximum atomic E-state index is 6.31. The van der Waals surface area contributed by atoms with Crippen molar-refractivity contribution >= 4 is 44.8 Å². The van der Waals surface area contributed by atoms with Crippen LogP contribution in [-0.2, 0) is 0 Å². The lowest BCUT2D eigenvalue weighted by Gasteiger charge is -2.14. The standard InChI is InChI=1S/C26H19ClN2O/c1-17-23(28-25-15-13-19-8-4-9-22(27)26(19)29-25)10-5-11-24(17)30-21-14-12-18-6-2-3-7-20(18)16-21/h2-16H,1H3,(H,28,29). The summed E-state index contributed by atoms with van der Waals surface area (Å²) in [6.45, 7) is 2.03. The van der Waals surface area contributed by atoms with Crippen LogP contribution in [0, 0.1) is 6.92 Å². The lowest BCUT2D eigenvalue weighted by atomic mass is 10.1. The number of fused-ring (bicyclic) bond motifs is 2. The van der Waals surface area contributed by atoms with Crippen molar-refractivity contribution in [3.8, 4) is 11.5 Å². The maximum Gasteiger partial charge on any atom is 0.132 e. The highest BCUT2D eigenvalue weighted by atomic mass is 35.5. The summed E-state index contributed by atoms with van der Waals surface area (Å²) < 4.78 is 6.20. The zero-order chi connectivity index (χ0) is 20.5. The van der Waals surface area contributed by atoms with Crippen LogP contribution >= 0.6 is 11.6 Å². The number of nitrogens with zero attached hydrogens (tertiary/aromatic N) is 1. The molecule has 0 bridgehead atoms. The fraction of sp³-hybridized carbons (Fsp3) is 0.0385. The van der Waals surface area contributed by atoms with Crippen LogP contribution in [0.4, 0.5) is 11.5 Å². The number of halogens is 1. The van der Waals surface area contributed by atoms with Crippen LogP contribution in [0.3, 0.4) is 0 Å². The van der Waals surface area contributed by atoms with Gasteiger partial charge >= 0.3 is 0 Å². The minimum atomic E-state index is 0.640. The summed E-state index contributed by atoms with van der Waals surface area (Å²) in [4.78, 5) is 4.68. The molecule has 0 aliphatic rings. The molecule has 4 aromatic carbocycles. The van der Waals surface area contributed by atoms with Crippen molar-refractivity contribution in [2.45, 2.75) is 6.92 Å². The van der Waals surface area contributed by atoms with E-state index in [1.807, 2.05) is 73.7 Å². The van der Waals surface area contributed by atoms with Crippen LogP contribution in [0.25, 0.3) is 21.7 Å². The first-order valence-corrected chi connectivity index (χ1v) is 10.1. The van der Waals surface area contributed by atoms with Crippen molar-refractivity contribution in [2.24, 2.45) is 0 Å². The van der Waals surface area contributed by atoms with Crippen LogP contribution in [-0.4, -0.2) is 4.98 Å². The van der Waals surface area contributed by atoms with Crippen LogP contribution in [0.2, 0.25) is 5.02 Å². The SMILES string of the molecule is Cc1c(Nc2ccc3cccc(Cl)c3n2)cccc1Oc1ccc2ccccc2c1. The highest BCUT2D eigenvalue weighted by Gasteiger charge is 2.09. The largest absolute Gasteiger partial charge is 0.457 e. The van der Waals surface area contributed by atoms with E-state index in [0.29, 0.717) is 5.02 Å². The Morgan fingerprint density at radius 2 is 1.53 bits per heavy atom. The second-order valence-corrected chi connectivity index (χ2v) is 7.58. The summed E-state index contributed by atoms with van der Waals surface area (Å²) in [6, 6.07) is 30.1. The first-order chi connectivity index (χ1) is 14.7.